The van der Waals surface area contributed by atoms with E-state index in [1.54, 1.807) is 0 Å². The summed E-state index contributed by atoms with van der Waals surface area (Å²) in [5.74, 6) is 0. The fourth-order valence-corrected chi connectivity index (χ4v) is 1.78. The molecule has 0 aliphatic carbocycles. The second-order valence-electron chi connectivity index (χ2n) is 3.71. The zero-order valence-electron chi connectivity index (χ0n) is 9.85. The van der Waals surface area contributed by atoms with Gasteiger partial charge in [0.15, 0.2) is 11.9 Å². The van der Waals surface area contributed by atoms with E-state index < -0.39 is 50.8 Å². The first kappa shape index (κ1) is 15.4. The molecule has 1 saturated heterocycles. The lowest BCUT2D eigenvalue weighted by atomic mass is 10.1. The molecular weight excluding hydrogens is 264 g/mol. The third-order valence-corrected chi connectivity index (χ3v) is 2.80. The Hall–Kier alpha value is -1.66. The molecule has 110 valence electrons. The van der Waals surface area contributed by atoms with Crippen LogP contribution in [0.3, 0.4) is 0 Å². The second kappa shape index (κ2) is 5.99. The van der Waals surface area contributed by atoms with Crippen LogP contribution in [0.5, 0.6) is 0 Å². The van der Waals surface area contributed by atoms with E-state index >= 15 is 0 Å². The third-order valence-electron chi connectivity index (χ3n) is 2.80. The van der Waals surface area contributed by atoms with Crippen molar-refractivity contribution in [2.75, 3.05) is 26.8 Å². The summed E-state index contributed by atoms with van der Waals surface area (Å²) in [6.45, 7) is -3.47. The summed E-state index contributed by atoms with van der Waals surface area (Å²) in [5.41, 5.74) is -2.03. The van der Waals surface area contributed by atoms with Crippen LogP contribution in [0.1, 0.15) is 0 Å². The van der Waals surface area contributed by atoms with E-state index in [0.717, 1.165) is 0 Å². The molecule has 0 aromatic rings. The topological polar surface area (TPSA) is 166 Å². The van der Waals surface area contributed by atoms with E-state index in [4.69, 9.17) is 10.2 Å². The van der Waals surface area contributed by atoms with Gasteiger partial charge in [-0.2, -0.15) is 0 Å². The van der Waals surface area contributed by atoms with Gasteiger partial charge in [0.05, 0.1) is 6.61 Å². The molecule has 0 aromatic heterocycles. The van der Waals surface area contributed by atoms with Crippen molar-refractivity contribution in [3.8, 4) is 0 Å². The highest BCUT2D eigenvalue weighted by molar-refractivity contribution is 5.81. The summed E-state index contributed by atoms with van der Waals surface area (Å²) < 4.78 is 0. The summed E-state index contributed by atoms with van der Waals surface area (Å²) in [4.78, 5) is 24.2. The first-order chi connectivity index (χ1) is 8.98. The summed E-state index contributed by atoms with van der Waals surface area (Å²) in [6, 6.07) is -1.96. The number of nitrogens with one attached hydrogen (secondary N) is 2. The standard InChI is InChI=1S/C8H16N4O7/c13-1-8(12(4-16)6(18)9-2-14)5(17)11(3-15)7(19)10-8/h5,13-17H,1-4H2,(H,9,18)(H,10,19). The van der Waals surface area contributed by atoms with E-state index in [9.17, 15) is 24.9 Å². The van der Waals surface area contributed by atoms with Crippen LogP contribution in [0.2, 0.25) is 0 Å². The number of nitrogens with zero attached hydrogens (tertiary/aromatic N) is 2. The number of hydrogen-bond acceptors (Lipinski definition) is 7. The molecule has 0 radical (unpaired) electrons. The maximum Gasteiger partial charge on any atom is 0.323 e. The van der Waals surface area contributed by atoms with Crippen LogP contribution >= 0.6 is 0 Å². The molecule has 1 rings (SSSR count). The Morgan fingerprint density at radius 2 is 2.05 bits per heavy atom. The number of amides is 4. The van der Waals surface area contributed by atoms with Crippen LogP contribution < -0.4 is 10.6 Å². The molecular formula is C8H16N4O7. The Bertz CT molecular complexity index is 354. The SMILES string of the molecule is O=C1NC(CO)(N(CO)C(=O)NCO)C(O)N1CO. The molecule has 1 aliphatic heterocycles. The van der Waals surface area contributed by atoms with Gasteiger partial charge < -0.3 is 36.2 Å². The van der Waals surface area contributed by atoms with E-state index in [0.29, 0.717) is 9.80 Å². The summed E-state index contributed by atoms with van der Waals surface area (Å²) in [7, 11) is 0. The van der Waals surface area contributed by atoms with Gasteiger partial charge in [0.25, 0.3) is 0 Å². The molecule has 0 bridgehead atoms. The Labute approximate surface area is 107 Å². The minimum Gasteiger partial charge on any atom is -0.392 e. The predicted octanol–water partition coefficient (Wildman–Crippen LogP) is -4.12. The van der Waals surface area contributed by atoms with Crippen molar-refractivity contribution in [3.05, 3.63) is 0 Å². The highest BCUT2D eigenvalue weighted by atomic mass is 16.4. The molecule has 11 nitrogen and oxygen atoms in total. The zero-order valence-corrected chi connectivity index (χ0v) is 9.85. The van der Waals surface area contributed by atoms with Crippen molar-refractivity contribution in [1.82, 2.24) is 20.4 Å². The first-order valence-electron chi connectivity index (χ1n) is 5.24. The minimum absolute atomic E-state index is 0.515. The molecule has 2 atom stereocenters. The second-order valence-corrected chi connectivity index (χ2v) is 3.71. The van der Waals surface area contributed by atoms with Crippen molar-refractivity contribution >= 4 is 12.1 Å². The lowest BCUT2D eigenvalue weighted by Crippen LogP contribution is -2.68. The van der Waals surface area contributed by atoms with Crippen LogP contribution in [-0.4, -0.2) is 86.1 Å². The Balaban J connectivity index is 3.09. The van der Waals surface area contributed by atoms with Crippen molar-refractivity contribution in [2.45, 2.75) is 11.9 Å². The maximum absolute atomic E-state index is 11.6. The van der Waals surface area contributed by atoms with E-state index in [1.807, 2.05) is 5.32 Å². The quantitative estimate of drug-likeness (QED) is 0.251. The summed E-state index contributed by atoms with van der Waals surface area (Å²) in [6.07, 6.45) is -1.79. The monoisotopic (exact) mass is 280 g/mol. The van der Waals surface area contributed by atoms with E-state index in [-0.39, 0.29) is 0 Å². The van der Waals surface area contributed by atoms with Gasteiger partial charge >= 0.3 is 12.1 Å². The number of rotatable bonds is 5. The highest BCUT2D eigenvalue weighted by Gasteiger charge is 2.56. The minimum atomic E-state index is -2.03. The number of aliphatic hydroxyl groups excluding tert-OH is 5. The maximum atomic E-state index is 11.6. The molecule has 0 aromatic carbocycles. The fourth-order valence-electron chi connectivity index (χ4n) is 1.78. The number of urea groups is 2. The van der Waals surface area contributed by atoms with Gasteiger partial charge in [-0.1, -0.05) is 0 Å². The molecule has 0 spiro atoms. The van der Waals surface area contributed by atoms with Gasteiger partial charge in [0, 0.05) is 0 Å². The number of carbonyl (C=O) groups is 2. The molecule has 4 amide bonds. The molecule has 19 heavy (non-hydrogen) atoms. The zero-order chi connectivity index (χ0) is 14.6. The van der Waals surface area contributed by atoms with Crippen LogP contribution in [0.4, 0.5) is 9.59 Å². The van der Waals surface area contributed by atoms with Gasteiger partial charge in [0.1, 0.15) is 20.2 Å². The lowest BCUT2D eigenvalue weighted by Gasteiger charge is -2.39. The molecule has 1 fully saturated rings. The molecule has 0 saturated carbocycles. The Morgan fingerprint density at radius 1 is 1.42 bits per heavy atom. The molecule has 1 heterocycles. The normalized spacial score (nSPS) is 26.3. The van der Waals surface area contributed by atoms with E-state index in [1.165, 1.54) is 0 Å². The molecule has 7 N–H and O–H groups in total. The van der Waals surface area contributed by atoms with Crippen LogP contribution in [0, 0.1) is 0 Å². The Kier molecular flexibility index (Phi) is 4.85. The van der Waals surface area contributed by atoms with Crippen molar-refractivity contribution in [2.24, 2.45) is 0 Å². The summed E-state index contributed by atoms with van der Waals surface area (Å²) in [5, 5.41) is 50.0. The highest BCUT2D eigenvalue weighted by Crippen LogP contribution is 2.25. The first-order valence-corrected chi connectivity index (χ1v) is 5.24. The van der Waals surface area contributed by atoms with Gasteiger partial charge in [0.2, 0.25) is 0 Å². The Morgan fingerprint density at radius 3 is 2.42 bits per heavy atom. The number of carbonyl (C=O) groups excluding carboxylic acids is 2. The fraction of sp³-hybridized carbons (Fsp3) is 0.750. The molecule has 2 unspecified atom stereocenters. The van der Waals surface area contributed by atoms with E-state index in [2.05, 4.69) is 5.32 Å². The average Bonchev–Trinajstić information content (AvgIpc) is 2.62. The van der Waals surface area contributed by atoms with Gasteiger partial charge in [-0.15, -0.1) is 0 Å². The van der Waals surface area contributed by atoms with Gasteiger partial charge in [-0.25, -0.2) is 9.59 Å². The van der Waals surface area contributed by atoms with Crippen LogP contribution in [-0.2, 0) is 0 Å². The smallest absolute Gasteiger partial charge is 0.323 e. The number of aliphatic hydroxyl groups is 5. The van der Waals surface area contributed by atoms with Gasteiger partial charge in [-0.05, 0) is 0 Å². The average molecular weight is 280 g/mol. The third kappa shape index (κ3) is 2.41. The van der Waals surface area contributed by atoms with Gasteiger partial charge in [-0.3, -0.25) is 9.80 Å². The predicted molar refractivity (Wildman–Crippen MR) is 57.8 cm³/mol. The lowest BCUT2D eigenvalue weighted by molar-refractivity contribution is -0.114. The summed E-state index contributed by atoms with van der Waals surface area (Å²) >= 11 is 0. The van der Waals surface area contributed by atoms with Crippen LogP contribution in [0.25, 0.3) is 0 Å². The number of hydrogen-bond donors (Lipinski definition) is 7. The van der Waals surface area contributed by atoms with Crippen molar-refractivity contribution in [3.63, 3.8) is 0 Å². The molecule has 11 heteroatoms. The van der Waals surface area contributed by atoms with Crippen molar-refractivity contribution in [1.29, 1.82) is 0 Å². The van der Waals surface area contributed by atoms with Crippen LogP contribution in [0.15, 0.2) is 0 Å². The largest absolute Gasteiger partial charge is 0.392 e. The van der Waals surface area contributed by atoms with Crippen molar-refractivity contribution < 1.29 is 35.1 Å². The molecule has 1 aliphatic rings.